The van der Waals surface area contributed by atoms with Crippen molar-refractivity contribution in [2.75, 3.05) is 13.7 Å². The van der Waals surface area contributed by atoms with Gasteiger partial charge in [0.15, 0.2) is 0 Å². The largest absolute Gasteiger partial charge is 0.497 e. The Hall–Kier alpha value is -3.58. The monoisotopic (exact) mass is 453 g/mol. The van der Waals surface area contributed by atoms with Crippen molar-refractivity contribution in [1.29, 1.82) is 0 Å². The highest BCUT2D eigenvalue weighted by atomic mass is 35.5. The number of carbonyl (C=O) groups excluding carboxylic acids is 1. The summed E-state index contributed by atoms with van der Waals surface area (Å²) in [6.45, 7) is 2.92. The van der Waals surface area contributed by atoms with Crippen LogP contribution in [0.25, 0.3) is 0 Å². The Morgan fingerprint density at radius 3 is 2.66 bits per heavy atom. The molecule has 1 heterocycles. The minimum absolute atomic E-state index is 0.000456. The highest BCUT2D eigenvalue weighted by Gasteiger charge is 2.12. The first-order valence-electron chi connectivity index (χ1n) is 10.1. The Labute approximate surface area is 191 Å². The van der Waals surface area contributed by atoms with Crippen molar-refractivity contribution in [1.82, 2.24) is 9.99 Å². The number of nitrogens with one attached hydrogen (secondary N) is 1. The molecule has 7 nitrogen and oxygen atoms in total. The van der Waals surface area contributed by atoms with Gasteiger partial charge in [0.05, 0.1) is 31.5 Å². The zero-order valence-corrected chi connectivity index (χ0v) is 18.6. The lowest BCUT2D eigenvalue weighted by Crippen LogP contribution is -2.30. The first-order chi connectivity index (χ1) is 15.5. The van der Waals surface area contributed by atoms with Gasteiger partial charge in [-0.1, -0.05) is 30.7 Å². The lowest BCUT2D eigenvalue weighted by molar-refractivity contribution is 0.0953. The number of benzene rings is 2. The van der Waals surface area contributed by atoms with Gasteiger partial charge in [0.25, 0.3) is 11.5 Å². The SMILES string of the molecule is CCCOc1ccc(/C=N\NC(=O)c2cccn(Cc3ccc(OC)cc3)c2=O)cc1Cl. The smallest absolute Gasteiger partial charge is 0.276 e. The Morgan fingerprint density at radius 1 is 1.19 bits per heavy atom. The second-order valence-corrected chi connectivity index (χ2v) is 7.35. The highest BCUT2D eigenvalue weighted by molar-refractivity contribution is 6.32. The lowest BCUT2D eigenvalue weighted by Gasteiger charge is -2.08. The summed E-state index contributed by atoms with van der Waals surface area (Å²) in [5.74, 6) is 0.734. The summed E-state index contributed by atoms with van der Waals surface area (Å²) in [6.07, 6.45) is 3.97. The van der Waals surface area contributed by atoms with Crippen LogP contribution in [-0.2, 0) is 6.54 Å². The summed E-state index contributed by atoms with van der Waals surface area (Å²) < 4.78 is 12.1. The van der Waals surface area contributed by atoms with Crippen LogP contribution < -0.4 is 20.5 Å². The van der Waals surface area contributed by atoms with Crippen LogP contribution in [0.15, 0.2) is 70.7 Å². The predicted octanol–water partition coefficient (Wildman–Crippen LogP) is 4.11. The van der Waals surface area contributed by atoms with Crippen molar-refractivity contribution in [2.45, 2.75) is 19.9 Å². The number of ether oxygens (including phenoxy) is 2. The van der Waals surface area contributed by atoms with Gasteiger partial charge in [0, 0.05) is 6.20 Å². The second kappa shape index (κ2) is 11.2. The summed E-state index contributed by atoms with van der Waals surface area (Å²) in [6, 6.07) is 15.7. The van der Waals surface area contributed by atoms with E-state index in [4.69, 9.17) is 21.1 Å². The van der Waals surface area contributed by atoms with Crippen LogP contribution in [-0.4, -0.2) is 30.4 Å². The van der Waals surface area contributed by atoms with Gasteiger partial charge >= 0.3 is 0 Å². The molecule has 0 aliphatic heterocycles. The van der Waals surface area contributed by atoms with Gasteiger partial charge in [-0.25, -0.2) is 5.43 Å². The maximum Gasteiger partial charge on any atom is 0.276 e. The number of aromatic nitrogens is 1. The molecular formula is C24H24ClN3O4. The van der Waals surface area contributed by atoms with Crippen LogP contribution in [0.4, 0.5) is 0 Å². The van der Waals surface area contributed by atoms with Crippen molar-refractivity contribution >= 4 is 23.7 Å². The number of pyridine rings is 1. The Morgan fingerprint density at radius 2 is 1.97 bits per heavy atom. The van der Waals surface area contributed by atoms with Crippen molar-refractivity contribution in [3.05, 3.63) is 92.9 Å². The third-order valence-corrected chi connectivity index (χ3v) is 4.87. The first kappa shape index (κ1) is 23.1. The molecule has 0 aliphatic rings. The summed E-state index contributed by atoms with van der Waals surface area (Å²) in [4.78, 5) is 25.2. The molecule has 0 spiro atoms. The summed E-state index contributed by atoms with van der Waals surface area (Å²) in [5.41, 5.74) is 3.58. The molecule has 0 radical (unpaired) electrons. The molecule has 3 aromatic rings. The maximum absolute atomic E-state index is 12.7. The van der Waals surface area contributed by atoms with E-state index in [1.54, 1.807) is 37.6 Å². The van der Waals surface area contributed by atoms with Crippen molar-refractivity contribution < 1.29 is 14.3 Å². The second-order valence-electron chi connectivity index (χ2n) is 6.94. The molecule has 166 valence electrons. The average Bonchev–Trinajstić information content (AvgIpc) is 2.80. The molecule has 0 aliphatic carbocycles. The normalized spacial score (nSPS) is 10.8. The molecule has 0 atom stereocenters. The zero-order chi connectivity index (χ0) is 22.9. The van der Waals surface area contributed by atoms with Crippen LogP contribution in [0.1, 0.15) is 34.8 Å². The third kappa shape index (κ3) is 5.98. The number of hydrazone groups is 1. The number of rotatable bonds is 9. The molecule has 1 aromatic heterocycles. The Balaban J connectivity index is 1.67. The van der Waals surface area contributed by atoms with Gasteiger partial charge in [-0.3, -0.25) is 9.59 Å². The third-order valence-electron chi connectivity index (χ3n) is 4.57. The standard InChI is InChI=1S/C24H24ClN3O4/c1-3-13-32-22-11-8-18(14-21(22)25)15-26-27-23(29)20-5-4-12-28(24(20)30)16-17-6-9-19(31-2)10-7-17/h4-12,14-15H,3,13,16H2,1-2H3,(H,27,29)/b26-15-. The first-order valence-corrected chi connectivity index (χ1v) is 10.5. The summed E-state index contributed by atoms with van der Waals surface area (Å²) >= 11 is 6.20. The number of halogens is 1. The molecule has 32 heavy (non-hydrogen) atoms. The molecule has 8 heteroatoms. The number of hydrogen-bond donors (Lipinski definition) is 1. The summed E-state index contributed by atoms with van der Waals surface area (Å²) in [7, 11) is 1.59. The van der Waals surface area contributed by atoms with Gasteiger partial charge in [0.2, 0.25) is 0 Å². The Kier molecular flexibility index (Phi) is 8.05. The van der Waals surface area contributed by atoms with E-state index in [9.17, 15) is 9.59 Å². The molecule has 0 fully saturated rings. The van der Waals surface area contributed by atoms with E-state index in [2.05, 4.69) is 10.5 Å². The summed E-state index contributed by atoms with van der Waals surface area (Å²) in [5, 5.41) is 4.40. The molecule has 1 amide bonds. The van der Waals surface area contributed by atoms with Crippen LogP contribution in [0.3, 0.4) is 0 Å². The fourth-order valence-electron chi connectivity index (χ4n) is 2.91. The lowest BCUT2D eigenvalue weighted by atomic mass is 10.2. The van der Waals surface area contributed by atoms with Crippen LogP contribution in [0.5, 0.6) is 11.5 Å². The van der Waals surface area contributed by atoms with E-state index in [0.717, 1.165) is 17.7 Å². The molecule has 1 N–H and O–H groups in total. The van der Waals surface area contributed by atoms with Crippen LogP contribution >= 0.6 is 11.6 Å². The zero-order valence-electron chi connectivity index (χ0n) is 17.9. The van der Waals surface area contributed by atoms with E-state index < -0.39 is 11.5 Å². The number of hydrogen-bond acceptors (Lipinski definition) is 5. The van der Waals surface area contributed by atoms with Crippen molar-refractivity contribution in [3.63, 3.8) is 0 Å². The number of carbonyl (C=O) groups is 1. The van der Waals surface area contributed by atoms with Gasteiger partial charge in [0.1, 0.15) is 17.1 Å². The predicted molar refractivity (Wildman–Crippen MR) is 125 cm³/mol. The van der Waals surface area contributed by atoms with Crippen LogP contribution in [0, 0.1) is 0 Å². The van der Waals surface area contributed by atoms with E-state index in [1.807, 2.05) is 31.2 Å². The molecular weight excluding hydrogens is 430 g/mol. The van der Waals surface area contributed by atoms with Crippen molar-refractivity contribution in [3.8, 4) is 11.5 Å². The molecule has 2 aromatic carbocycles. The number of nitrogens with zero attached hydrogens (tertiary/aromatic N) is 2. The van der Waals surface area contributed by atoms with E-state index >= 15 is 0 Å². The van der Waals surface area contributed by atoms with E-state index in [1.165, 1.54) is 16.8 Å². The van der Waals surface area contributed by atoms with Crippen LogP contribution in [0.2, 0.25) is 5.02 Å². The molecule has 3 rings (SSSR count). The fourth-order valence-corrected chi connectivity index (χ4v) is 3.16. The maximum atomic E-state index is 12.7. The highest BCUT2D eigenvalue weighted by Crippen LogP contribution is 2.25. The molecule has 0 saturated carbocycles. The van der Waals surface area contributed by atoms with Gasteiger partial charge in [-0.2, -0.15) is 5.10 Å². The topological polar surface area (TPSA) is 81.9 Å². The molecule has 0 bridgehead atoms. The number of amides is 1. The molecule has 0 saturated heterocycles. The fraction of sp³-hybridized carbons (Fsp3) is 0.208. The minimum Gasteiger partial charge on any atom is -0.497 e. The molecule has 0 unspecified atom stereocenters. The van der Waals surface area contributed by atoms with E-state index in [0.29, 0.717) is 29.5 Å². The quantitative estimate of drug-likeness (QED) is 0.390. The Bertz CT molecular complexity index is 1160. The van der Waals surface area contributed by atoms with Gasteiger partial charge < -0.3 is 14.0 Å². The average molecular weight is 454 g/mol. The number of methoxy groups -OCH3 is 1. The van der Waals surface area contributed by atoms with Crippen molar-refractivity contribution in [2.24, 2.45) is 5.10 Å². The minimum atomic E-state index is -0.593. The van der Waals surface area contributed by atoms with E-state index in [-0.39, 0.29) is 5.56 Å². The van der Waals surface area contributed by atoms with Gasteiger partial charge in [-0.15, -0.1) is 0 Å². The van der Waals surface area contributed by atoms with Gasteiger partial charge in [-0.05, 0) is 60.0 Å².